The molecule has 2 aromatic rings. The van der Waals surface area contributed by atoms with E-state index in [1.807, 2.05) is 30.3 Å². The van der Waals surface area contributed by atoms with Crippen molar-refractivity contribution in [3.63, 3.8) is 0 Å². The average molecular weight is 339 g/mol. The number of fused-ring (bicyclic) bond motifs is 1. The molecule has 0 saturated carbocycles. The lowest BCUT2D eigenvalue weighted by Crippen LogP contribution is -2.21. The molecule has 0 saturated heterocycles. The molecule has 98 valence electrons. The summed E-state index contributed by atoms with van der Waals surface area (Å²) in [7, 11) is 0. The summed E-state index contributed by atoms with van der Waals surface area (Å²) in [5.74, 6) is 0.980. The molecule has 19 heavy (non-hydrogen) atoms. The van der Waals surface area contributed by atoms with Crippen LogP contribution in [0.3, 0.4) is 0 Å². The second-order valence-corrected chi connectivity index (χ2v) is 5.79. The number of halogens is 2. The fourth-order valence-corrected chi connectivity index (χ4v) is 2.67. The monoisotopic (exact) mass is 337 g/mol. The van der Waals surface area contributed by atoms with Crippen LogP contribution in [0.4, 0.5) is 0 Å². The van der Waals surface area contributed by atoms with E-state index in [4.69, 9.17) is 16.3 Å². The average Bonchev–Trinajstić information content (AvgIpc) is 2.83. The van der Waals surface area contributed by atoms with Gasteiger partial charge in [0.1, 0.15) is 12.4 Å². The van der Waals surface area contributed by atoms with E-state index in [-0.39, 0.29) is 6.04 Å². The predicted octanol–water partition coefficient (Wildman–Crippen LogP) is 4.33. The maximum atomic E-state index is 6.09. The Kier molecular flexibility index (Phi) is 3.78. The molecule has 1 aliphatic heterocycles. The first-order valence-electron chi connectivity index (χ1n) is 6.13. The van der Waals surface area contributed by atoms with Crippen molar-refractivity contribution in [1.82, 2.24) is 5.32 Å². The highest BCUT2D eigenvalue weighted by atomic mass is 79.9. The van der Waals surface area contributed by atoms with Gasteiger partial charge in [-0.2, -0.15) is 0 Å². The quantitative estimate of drug-likeness (QED) is 0.899. The van der Waals surface area contributed by atoms with E-state index in [9.17, 15) is 0 Å². The van der Waals surface area contributed by atoms with Crippen LogP contribution < -0.4 is 10.1 Å². The maximum absolute atomic E-state index is 6.09. The normalized spacial score (nSPS) is 17.1. The summed E-state index contributed by atoms with van der Waals surface area (Å²) in [5, 5.41) is 4.24. The van der Waals surface area contributed by atoms with Crippen molar-refractivity contribution in [2.24, 2.45) is 0 Å². The highest BCUT2D eigenvalue weighted by Crippen LogP contribution is 2.32. The van der Waals surface area contributed by atoms with Crippen LogP contribution in [0.2, 0.25) is 5.02 Å². The van der Waals surface area contributed by atoms with E-state index < -0.39 is 0 Å². The highest BCUT2D eigenvalue weighted by molar-refractivity contribution is 9.10. The molecule has 0 radical (unpaired) electrons. The molecule has 3 rings (SSSR count). The molecule has 0 bridgehead atoms. The largest absolute Gasteiger partial charge is 0.491 e. The minimum atomic E-state index is 0.249. The van der Waals surface area contributed by atoms with Crippen molar-refractivity contribution < 1.29 is 4.74 Å². The molecule has 0 aliphatic carbocycles. The topological polar surface area (TPSA) is 21.3 Å². The third-order valence-electron chi connectivity index (χ3n) is 3.24. The van der Waals surface area contributed by atoms with Gasteiger partial charge >= 0.3 is 0 Å². The first kappa shape index (κ1) is 13.0. The van der Waals surface area contributed by atoms with E-state index in [0.717, 1.165) is 27.4 Å². The standard InChI is InChI=1S/C15H13BrClNO/c16-12-6-5-10(7-13(12)17)8-18-14-9-19-15-4-2-1-3-11(14)15/h1-7,14,18H,8-9H2. The van der Waals surface area contributed by atoms with Crippen molar-refractivity contribution >= 4 is 27.5 Å². The zero-order valence-corrected chi connectivity index (χ0v) is 12.5. The Balaban J connectivity index is 1.69. The lowest BCUT2D eigenvalue weighted by Gasteiger charge is -2.12. The summed E-state index contributed by atoms with van der Waals surface area (Å²) in [6.45, 7) is 1.46. The Hall–Kier alpha value is -1.03. The lowest BCUT2D eigenvalue weighted by atomic mass is 10.1. The molecule has 0 aromatic heterocycles. The van der Waals surface area contributed by atoms with Crippen LogP contribution in [0.1, 0.15) is 17.2 Å². The Morgan fingerprint density at radius 2 is 2.11 bits per heavy atom. The zero-order chi connectivity index (χ0) is 13.2. The van der Waals surface area contributed by atoms with Crippen LogP contribution in [0.15, 0.2) is 46.9 Å². The van der Waals surface area contributed by atoms with E-state index in [1.54, 1.807) is 0 Å². The van der Waals surface area contributed by atoms with Crippen LogP contribution in [0, 0.1) is 0 Å². The molecule has 1 heterocycles. The fraction of sp³-hybridized carbons (Fsp3) is 0.200. The Morgan fingerprint density at radius 1 is 1.26 bits per heavy atom. The zero-order valence-electron chi connectivity index (χ0n) is 10.2. The minimum Gasteiger partial charge on any atom is -0.491 e. The predicted molar refractivity (Wildman–Crippen MR) is 80.7 cm³/mol. The van der Waals surface area contributed by atoms with Crippen molar-refractivity contribution in [1.29, 1.82) is 0 Å². The van der Waals surface area contributed by atoms with Crippen molar-refractivity contribution in [2.75, 3.05) is 6.61 Å². The van der Waals surface area contributed by atoms with E-state index in [0.29, 0.717) is 6.61 Å². The number of nitrogens with one attached hydrogen (secondary N) is 1. The minimum absolute atomic E-state index is 0.249. The SMILES string of the molecule is Clc1cc(CNC2COc3ccccc32)ccc1Br. The summed E-state index contributed by atoms with van der Waals surface area (Å²) in [6, 6.07) is 14.4. The van der Waals surface area contributed by atoms with Gasteiger partial charge in [0.2, 0.25) is 0 Å². The smallest absolute Gasteiger partial charge is 0.124 e. The van der Waals surface area contributed by atoms with Gasteiger partial charge in [-0.1, -0.05) is 35.9 Å². The summed E-state index contributed by atoms with van der Waals surface area (Å²) >= 11 is 9.49. The Labute approximate surface area is 125 Å². The maximum Gasteiger partial charge on any atom is 0.124 e. The molecule has 2 nitrogen and oxygen atoms in total. The van der Waals surface area contributed by atoms with Crippen molar-refractivity contribution in [3.8, 4) is 5.75 Å². The molecule has 1 unspecified atom stereocenters. The molecule has 4 heteroatoms. The van der Waals surface area contributed by atoms with Crippen LogP contribution in [0.25, 0.3) is 0 Å². The molecule has 0 amide bonds. The lowest BCUT2D eigenvalue weighted by molar-refractivity contribution is 0.310. The fourth-order valence-electron chi connectivity index (χ4n) is 2.22. The van der Waals surface area contributed by atoms with Gasteiger partial charge in [-0.05, 0) is 39.7 Å². The number of ether oxygens (including phenoxy) is 1. The molecule has 2 aromatic carbocycles. The van der Waals surface area contributed by atoms with Gasteiger partial charge in [0.15, 0.2) is 0 Å². The number of hydrogen-bond donors (Lipinski definition) is 1. The summed E-state index contributed by atoms with van der Waals surface area (Å²) in [6.07, 6.45) is 0. The second kappa shape index (κ2) is 5.53. The van der Waals surface area contributed by atoms with Gasteiger partial charge in [-0.15, -0.1) is 0 Å². The Bertz CT molecular complexity index is 602. The first-order chi connectivity index (χ1) is 9.24. The van der Waals surface area contributed by atoms with Gasteiger partial charge in [0, 0.05) is 16.6 Å². The van der Waals surface area contributed by atoms with Gasteiger partial charge in [-0.3, -0.25) is 0 Å². The summed E-state index contributed by atoms with van der Waals surface area (Å²) in [4.78, 5) is 0. The summed E-state index contributed by atoms with van der Waals surface area (Å²) in [5.41, 5.74) is 2.39. The highest BCUT2D eigenvalue weighted by Gasteiger charge is 2.22. The van der Waals surface area contributed by atoms with Crippen LogP contribution in [-0.4, -0.2) is 6.61 Å². The number of para-hydroxylation sites is 1. The molecule has 0 spiro atoms. The molecule has 1 aliphatic rings. The number of rotatable bonds is 3. The molecule has 0 fully saturated rings. The third kappa shape index (κ3) is 2.78. The second-order valence-electron chi connectivity index (χ2n) is 4.53. The van der Waals surface area contributed by atoms with Gasteiger partial charge in [0.05, 0.1) is 11.1 Å². The molecule has 1 N–H and O–H groups in total. The van der Waals surface area contributed by atoms with E-state index in [2.05, 4.69) is 33.4 Å². The van der Waals surface area contributed by atoms with Crippen LogP contribution in [-0.2, 0) is 6.54 Å². The summed E-state index contributed by atoms with van der Waals surface area (Å²) < 4.78 is 6.57. The molecule has 1 atom stereocenters. The van der Waals surface area contributed by atoms with Crippen LogP contribution >= 0.6 is 27.5 Å². The van der Waals surface area contributed by atoms with Crippen molar-refractivity contribution in [3.05, 3.63) is 63.1 Å². The molecular formula is C15H13BrClNO. The third-order valence-corrected chi connectivity index (χ3v) is 4.47. The van der Waals surface area contributed by atoms with Gasteiger partial charge < -0.3 is 10.1 Å². The Morgan fingerprint density at radius 3 is 2.95 bits per heavy atom. The van der Waals surface area contributed by atoms with Crippen molar-refractivity contribution in [2.45, 2.75) is 12.6 Å². The van der Waals surface area contributed by atoms with Crippen LogP contribution in [0.5, 0.6) is 5.75 Å². The van der Waals surface area contributed by atoms with Gasteiger partial charge in [-0.25, -0.2) is 0 Å². The number of hydrogen-bond acceptors (Lipinski definition) is 2. The number of benzene rings is 2. The van der Waals surface area contributed by atoms with E-state index in [1.165, 1.54) is 5.56 Å². The van der Waals surface area contributed by atoms with E-state index >= 15 is 0 Å². The first-order valence-corrected chi connectivity index (χ1v) is 7.30. The van der Waals surface area contributed by atoms with Gasteiger partial charge in [0.25, 0.3) is 0 Å². The molecular weight excluding hydrogens is 326 g/mol.